The number of esters is 1. The summed E-state index contributed by atoms with van der Waals surface area (Å²) in [6, 6.07) is 17.2. The molecule has 2 rings (SSSR count). The summed E-state index contributed by atoms with van der Waals surface area (Å²) in [5, 5.41) is 0. The monoisotopic (exact) mass is 296 g/mol. The Bertz CT molecular complexity index is 619. The standard InChI is InChI=1S/C17H14O3.C2H6/c1-19-17(18)12-11-14-7-9-15(10-8-14)13-20-16-5-3-2-4-6-16;1-2/h2-10H,13H2,1H3;1-2H3. The van der Waals surface area contributed by atoms with E-state index in [2.05, 4.69) is 16.6 Å². The van der Waals surface area contributed by atoms with Crippen LogP contribution in [0.3, 0.4) is 0 Å². The van der Waals surface area contributed by atoms with Crippen molar-refractivity contribution in [2.75, 3.05) is 7.11 Å². The Hall–Kier alpha value is -2.73. The fraction of sp³-hybridized carbons (Fsp3) is 0.211. The highest BCUT2D eigenvalue weighted by molar-refractivity contribution is 5.88. The maximum absolute atomic E-state index is 10.9. The van der Waals surface area contributed by atoms with E-state index >= 15 is 0 Å². The van der Waals surface area contributed by atoms with Crippen LogP contribution in [-0.2, 0) is 16.1 Å². The van der Waals surface area contributed by atoms with Crippen molar-refractivity contribution < 1.29 is 14.3 Å². The van der Waals surface area contributed by atoms with Gasteiger partial charge in [0.2, 0.25) is 0 Å². The Balaban J connectivity index is 0.00000116. The van der Waals surface area contributed by atoms with E-state index in [1.165, 1.54) is 7.11 Å². The van der Waals surface area contributed by atoms with Crippen molar-refractivity contribution in [2.45, 2.75) is 20.5 Å². The van der Waals surface area contributed by atoms with Crippen LogP contribution in [0.1, 0.15) is 25.0 Å². The zero-order chi connectivity index (χ0) is 16.2. The first-order valence-electron chi connectivity index (χ1n) is 7.14. The summed E-state index contributed by atoms with van der Waals surface area (Å²) in [6.07, 6.45) is 0. The normalized spacial score (nSPS) is 8.68. The minimum Gasteiger partial charge on any atom is -0.489 e. The molecule has 0 spiro atoms. The third kappa shape index (κ3) is 6.15. The lowest BCUT2D eigenvalue weighted by molar-refractivity contribution is -0.133. The lowest BCUT2D eigenvalue weighted by Crippen LogP contribution is -1.96. The number of hydrogen-bond donors (Lipinski definition) is 0. The molecule has 3 heteroatoms. The number of ether oxygens (including phenoxy) is 2. The zero-order valence-electron chi connectivity index (χ0n) is 13.1. The van der Waals surface area contributed by atoms with Gasteiger partial charge in [-0.05, 0) is 29.8 Å². The Morgan fingerprint density at radius 1 is 1.00 bits per heavy atom. The number of methoxy groups -OCH3 is 1. The molecule has 3 nitrogen and oxygen atoms in total. The lowest BCUT2D eigenvalue weighted by atomic mass is 10.1. The number of benzene rings is 2. The summed E-state index contributed by atoms with van der Waals surface area (Å²) in [4.78, 5) is 10.9. The summed E-state index contributed by atoms with van der Waals surface area (Å²) in [7, 11) is 1.31. The van der Waals surface area contributed by atoms with E-state index in [0.717, 1.165) is 16.9 Å². The van der Waals surface area contributed by atoms with E-state index in [0.29, 0.717) is 6.61 Å². The van der Waals surface area contributed by atoms with Crippen molar-refractivity contribution in [3.05, 3.63) is 65.7 Å². The third-order valence-corrected chi connectivity index (χ3v) is 2.60. The molecule has 0 amide bonds. The maximum atomic E-state index is 10.9. The molecule has 0 aliphatic carbocycles. The molecule has 0 aromatic heterocycles. The minimum absolute atomic E-state index is 0.495. The predicted octanol–water partition coefficient (Wildman–Crippen LogP) is 3.82. The van der Waals surface area contributed by atoms with E-state index < -0.39 is 5.97 Å². The maximum Gasteiger partial charge on any atom is 0.384 e. The topological polar surface area (TPSA) is 35.5 Å². The van der Waals surface area contributed by atoms with Crippen LogP contribution >= 0.6 is 0 Å². The lowest BCUT2D eigenvalue weighted by Gasteiger charge is -2.05. The largest absolute Gasteiger partial charge is 0.489 e. The van der Waals surface area contributed by atoms with Gasteiger partial charge in [0.05, 0.1) is 7.11 Å². The van der Waals surface area contributed by atoms with Crippen molar-refractivity contribution in [2.24, 2.45) is 0 Å². The first-order chi connectivity index (χ1) is 10.8. The summed E-state index contributed by atoms with van der Waals surface area (Å²) in [6.45, 7) is 4.49. The van der Waals surface area contributed by atoms with Crippen molar-refractivity contribution in [3.63, 3.8) is 0 Å². The average molecular weight is 296 g/mol. The molecule has 0 saturated carbocycles. The van der Waals surface area contributed by atoms with E-state index in [9.17, 15) is 4.79 Å². The van der Waals surface area contributed by atoms with Gasteiger partial charge in [-0.2, -0.15) is 0 Å². The summed E-state index contributed by atoms with van der Waals surface area (Å²) < 4.78 is 10.1. The molecular formula is C19H20O3. The zero-order valence-corrected chi connectivity index (χ0v) is 13.1. The molecule has 2 aromatic carbocycles. The minimum atomic E-state index is -0.540. The molecule has 0 saturated heterocycles. The quantitative estimate of drug-likeness (QED) is 0.638. The second-order valence-corrected chi connectivity index (χ2v) is 4.04. The van der Waals surface area contributed by atoms with Gasteiger partial charge in [-0.3, -0.25) is 0 Å². The van der Waals surface area contributed by atoms with Crippen molar-refractivity contribution >= 4 is 5.97 Å². The molecule has 0 aliphatic heterocycles. The van der Waals surface area contributed by atoms with Crippen LogP contribution in [0, 0.1) is 11.8 Å². The molecule has 0 heterocycles. The van der Waals surface area contributed by atoms with E-state index in [1.807, 2.05) is 68.4 Å². The van der Waals surface area contributed by atoms with Gasteiger partial charge in [0.15, 0.2) is 0 Å². The van der Waals surface area contributed by atoms with Crippen LogP contribution in [0.4, 0.5) is 0 Å². The SMILES string of the molecule is CC.COC(=O)C#Cc1ccc(COc2ccccc2)cc1. The van der Waals surface area contributed by atoms with Crippen molar-refractivity contribution in [1.29, 1.82) is 0 Å². The third-order valence-electron chi connectivity index (χ3n) is 2.60. The number of rotatable bonds is 3. The molecule has 0 radical (unpaired) electrons. The fourth-order valence-electron chi connectivity index (χ4n) is 1.54. The van der Waals surface area contributed by atoms with E-state index in [-0.39, 0.29) is 0 Å². The average Bonchev–Trinajstić information content (AvgIpc) is 2.61. The molecule has 0 fully saturated rings. The Labute approximate surface area is 131 Å². The van der Waals surface area contributed by atoms with Crippen LogP contribution in [0.5, 0.6) is 5.75 Å². The molecule has 0 unspecified atom stereocenters. The fourth-order valence-corrected chi connectivity index (χ4v) is 1.54. The van der Waals surface area contributed by atoms with Crippen LogP contribution in [0.2, 0.25) is 0 Å². The van der Waals surface area contributed by atoms with Gasteiger partial charge in [-0.15, -0.1) is 0 Å². The van der Waals surface area contributed by atoms with Crippen LogP contribution in [-0.4, -0.2) is 13.1 Å². The van der Waals surface area contributed by atoms with Gasteiger partial charge >= 0.3 is 5.97 Å². The molecule has 0 atom stereocenters. The molecule has 0 aliphatic rings. The molecule has 2 aromatic rings. The number of hydrogen-bond acceptors (Lipinski definition) is 3. The highest BCUT2D eigenvalue weighted by Crippen LogP contribution is 2.12. The first kappa shape index (κ1) is 17.3. The highest BCUT2D eigenvalue weighted by Gasteiger charge is 1.96. The van der Waals surface area contributed by atoms with Crippen molar-refractivity contribution in [1.82, 2.24) is 0 Å². The number of carbonyl (C=O) groups is 1. The van der Waals surface area contributed by atoms with Crippen LogP contribution < -0.4 is 4.74 Å². The highest BCUT2D eigenvalue weighted by atomic mass is 16.5. The summed E-state index contributed by atoms with van der Waals surface area (Å²) >= 11 is 0. The molecule has 114 valence electrons. The second-order valence-electron chi connectivity index (χ2n) is 4.04. The summed E-state index contributed by atoms with van der Waals surface area (Å²) in [5.74, 6) is 5.41. The van der Waals surface area contributed by atoms with Gasteiger partial charge < -0.3 is 9.47 Å². The van der Waals surface area contributed by atoms with Gasteiger partial charge in [0.25, 0.3) is 0 Å². The van der Waals surface area contributed by atoms with Gasteiger partial charge in [0, 0.05) is 11.5 Å². The Morgan fingerprint density at radius 2 is 1.64 bits per heavy atom. The molecule has 0 bridgehead atoms. The Morgan fingerprint density at radius 3 is 2.23 bits per heavy atom. The number of carbonyl (C=O) groups excluding carboxylic acids is 1. The van der Waals surface area contributed by atoms with Gasteiger partial charge in [-0.25, -0.2) is 4.79 Å². The van der Waals surface area contributed by atoms with Gasteiger partial charge in [-0.1, -0.05) is 50.1 Å². The predicted molar refractivity (Wildman–Crippen MR) is 87.5 cm³/mol. The van der Waals surface area contributed by atoms with Crippen molar-refractivity contribution in [3.8, 4) is 17.6 Å². The smallest absolute Gasteiger partial charge is 0.384 e. The van der Waals surface area contributed by atoms with Crippen LogP contribution in [0.25, 0.3) is 0 Å². The van der Waals surface area contributed by atoms with E-state index in [1.54, 1.807) is 0 Å². The second kappa shape index (κ2) is 10.1. The molecule has 22 heavy (non-hydrogen) atoms. The first-order valence-corrected chi connectivity index (χ1v) is 7.14. The Kier molecular flexibility index (Phi) is 7.92. The number of para-hydroxylation sites is 1. The summed E-state index contributed by atoms with van der Waals surface area (Å²) in [5.41, 5.74) is 1.80. The molecule has 0 N–H and O–H groups in total. The van der Waals surface area contributed by atoms with Crippen LogP contribution in [0.15, 0.2) is 54.6 Å². The molecular weight excluding hydrogens is 276 g/mol. The van der Waals surface area contributed by atoms with E-state index in [4.69, 9.17) is 4.74 Å². The van der Waals surface area contributed by atoms with Gasteiger partial charge in [0.1, 0.15) is 12.4 Å².